The lowest BCUT2D eigenvalue weighted by atomic mass is 9.77. The normalized spacial score (nSPS) is 11.7. The molecule has 0 unspecified atom stereocenters. The molecule has 0 aliphatic carbocycles. The maximum Gasteiger partial charge on any atom is 0.189 e. The van der Waals surface area contributed by atoms with Gasteiger partial charge in [-0.15, -0.1) is 5.10 Å². The van der Waals surface area contributed by atoms with Gasteiger partial charge in [-0.2, -0.15) is 5.26 Å². The molecule has 0 N–H and O–H groups in total. The lowest BCUT2D eigenvalue weighted by molar-refractivity contribution is 0.0853. The maximum absolute atomic E-state index is 13.4. The molecule has 54 heavy (non-hydrogen) atoms. The van der Waals surface area contributed by atoms with Crippen molar-refractivity contribution in [3.8, 4) is 28.6 Å². The minimum atomic E-state index is -0.883. The van der Waals surface area contributed by atoms with E-state index in [0.717, 1.165) is 57.6 Å². The summed E-state index contributed by atoms with van der Waals surface area (Å²) in [5.74, 6) is 1.27. The molecule has 0 aliphatic heterocycles. The third-order valence-electron chi connectivity index (χ3n) is 9.94. The number of hydrogen-bond acceptors (Lipinski definition) is 6. The van der Waals surface area contributed by atoms with Gasteiger partial charge in [0.05, 0.1) is 6.54 Å². The Balaban J connectivity index is 1.32. The molecule has 0 bridgehead atoms. The Kier molecular flexibility index (Phi) is 10.1. The number of carbonyl (C=O) groups excluding carboxylic acids is 1. The van der Waals surface area contributed by atoms with Crippen molar-refractivity contribution in [2.24, 2.45) is 5.41 Å². The predicted octanol–water partition coefficient (Wildman–Crippen LogP) is 9.54. The zero-order valence-electron chi connectivity index (χ0n) is 31.1. The molecule has 2 heterocycles. The number of imidazole rings is 1. The number of benzene rings is 5. The number of nitrogens with zero attached hydrogens (tertiary/aromatic N) is 7. The predicted molar refractivity (Wildman–Crippen MR) is 212 cm³/mol. The Labute approximate surface area is 316 Å². The number of aryl methyl sites for hydroxylation is 1. The largest absolute Gasteiger partial charge is 0.315 e. The first kappa shape index (κ1) is 35.9. The summed E-state index contributed by atoms with van der Waals surface area (Å²) in [4.78, 5) is 18.1. The van der Waals surface area contributed by atoms with Gasteiger partial charge in [0.15, 0.2) is 17.3 Å². The van der Waals surface area contributed by atoms with Gasteiger partial charge < -0.3 is 4.57 Å². The van der Waals surface area contributed by atoms with E-state index in [0.29, 0.717) is 24.5 Å². The van der Waals surface area contributed by atoms with Crippen LogP contribution in [0.2, 0.25) is 0 Å². The topological polar surface area (TPSA) is 102 Å². The highest BCUT2D eigenvalue weighted by atomic mass is 16.1. The van der Waals surface area contributed by atoms with Gasteiger partial charge in [0.25, 0.3) is 0 Å². The summed E-state index contributed by atoms with van der Waals surface area (Å²) in [5.41, 5.74) is 5.99. The highest BCUT2D eigenvalue weighted by Crippen LogP contribution is 2.43. The van der Waals surface area contributed by atoms with Crippen LogP contribution in [0.15, 0.2) is 140 Å². The van der Waals surface area contributed by atoms with Crippen molar-refractivity contribution in [1.29, 1.82) is 5.26 Å². The molecule has 0 aliphatic rings. The minimum Gasteiger partial charge on any atom is -0.315 e. The van der Waals surface area contributed by atoms with Crippen molar-refractivity contribution in [3.63, 3.8) is 0 Å². The highest BCUT2D eigenvalue weighted by molar-refractivity contribution is 6.00. The van der Waals surface area contributed by atoms with Gasteiger partial charge in [0.1, 0.15) is 23.1 Å². The molecule has 8 heteroatoms. The SMILES string of the molecule is CCCCc1nc(C(=O)C(C)(C)C)c(C#N)n1Cc1ccc(-c2ccccc2-c2nnnn2C(c2ccccc2)(c2ccccc2)c2ccccc2)cc1. The number of carbonyl (C=O) groups is 1. The first-order chi connectivity index (χ1) is 26.3. The van der Waals surface area contributed by atoms with Crippen LogP contribution in [-0.4, -0.2) is 35.5 Å². The molecule has 0 saturated heterocycles. The Hall–Kier alpha value is -6.46. The summed E-state index contributed by atoms with van der Waals surface area (Å²) in [5, 5.41) is 24.0. The standard InChI is InChI=1S/C46H43N7O/c1-5-6-26-41-48-42(43(54)45(2,3)4)40(31-47)52(41)32-33-27-29-34(30-28-33)38-24-16-17-25-39(38)44-49-50-51-53(44)46(35-18-10-7-11-19-35,36-20-12-8-13-21-36)37-22-14-9-15-23-37/h7-25,27-30H,5-6,26,32H2,1-4H3. The van der Waals surface area contributed by atoms with Crippen LogP contribution in [0, 0.1) is 16.7 Å². The molecule has 8 nitrogen and oxygen atoms in total. The van der Waals surface area contributed by atoms with Gasteiger partial charge >= 0.3 is 0 Å². The third kappa shape index (κ3) is 6.65. The molecule has 0 radical (unpaired) electrons. The molecule has 7 aromatic rings. The van der Waals surface area contributed by atoms with Gasteiger partial charge in [-0.1, -0.05) is 174 Å². The van der Waals surface area contributed by atoms with Crippen molar-refractivity contribution in [2.45, 2.75) is 59.0 Å². The monoisotopic (exact) mass is 709 g/mol. The number of ketones is 1. The van der Waals surface area contributed by atoms with E-state index in [1.165, 1.54) is 0 Å². The highest BCUT2D eigenvalue weighted by Gasteiger charge is 2.42. The van der Waals surface area contributed by atoms with Gasteiger partial charge in [0.2, 0.25) is 0 Å². The van der Waals surface area contributed by atoms with Crippen molar-refractivity contribution < 1.29 is 4.79 Å². The molecule has 7 rings (SSSR count). The molecule has 0 saturated carbocycles. The van der Waals surface area contributed by atoms with Gasteiger partial charge in [0, 0.05) is 17.4 Å². The van der Waals surface area contributed by atoms with E-state index in [9.17, 15) is 10.1 Å². The van der Waals surface area contributed by atoms with Crippen molar-refractivity contribution >= 4 is 5.78 Å². The first-order valence-corrected chi connectivity index (χ1v) is 18.5. The molecule has 0 fully saturated rings. The second kappa shape index (κ2) is 15.3. The number of nitriles is 1. The zero-order valence-corrected chi connectivity index (χ0v) is 31.1. The van der Waals surface area contributed by atoms with Crippen LogP contribution < -0.4 is 0 Å². The van der Waals surface area contributed by atoms with Gasteiger partial charge in [-0.3, -0.25) is 4.79 Å². The minimum absolute atomic E-state index is 0.124. The van der Waals surface area contributed by atoms with E-state index < -0.39 is 11.0 Å². The second-order valence-corrected chi connectivity index (χ2v) is 14.6. The number of hydrogen-bond donors (Lipinski definition) is 0. The number of aromatic nitrogens is 6. The van der Waals surface area contributed by atoms with E-state index in [1.807, 2.05) is 60.4 Å². The van der Waals surface area contributed by atoms with Crippen LogP contribution >= 0.6 is 0 Å². The molecule has 5 aromatic carbocycles. The molecule has 0 spiro atoms. The average molecular weight is 710 g/mol. The van der Waals surface area contributed by atoms with Crippen molar-refractivity contribution in [3.05, 3.63) is 179 Å². The molecule has 2 aromatic heterocycles. The van der Waals surface area contributed by atoms with Gasteiger partial charge in [-0.25, -0.2) is 9.67 Å². The zero-order chi connectivity index (χ0) is 37.7. The number of Topliss-reactive ketones (excluding diaryl/α,β-unsaturated/α-hetero) is 1. The van der Waals surface area contributed by atoms with Crippen molar-refractivity contribution in [2.75, 3.05) is 0 Å². The molecule has 0 amide bonds. The van der Waals surface area contributed by atoms with Crippen LogP contribution in [-0.2, 0) is 18.5 Å². The third-order valence-corrected chi connectivity index (χ3v) is 9.94. The Bertz CT molecular complexity index is 2300. The summed E-state index contributed by atoms with van der Waals surface area (Å²) in [6.45, 7) is 8.14. The average Bonchev–Trinajstić information content (AvgIpc) is 3.83. The fourth-order valence-corrected chi connectivity index (χ4v) is 7.21. The maximum atomic E-state index is 13.4. The lowest BCUT2D eigenvalue weighted by Crippen LogP contribution is -2.39. The second-order valence-electron chi connectivity index (χ2n) is 14.6. The number of unbranched alkanes of at least 4 members (excludes halogenated alkanes) is 1. The lowest BCUT2D eigenvalue weighted by Gasteiger charge is -2.36. The summed E-state index contributed by atoms with van der Waals surface area (Å²) in [6.07, 6.45) is 2.59. The fourth-order valence-electron chi connectivity index (χ4n) is 7.21. The first-order valence-electron chi connectivity index (χ1n) is 18.5. The molecular weight excluding hydrogens is 667 g/mol. The molecule has 268 valence electrons. The van der Waals surface area contributed by atoms with E-state index in [2.05, 4.69) is 127 Å². The van der Waals surface area contributed by atoms with Crippen LogP contribution in [0.25, 0.3) is 22.5 Å². The summed E-state index contributed by atoms with van der Waals surface area (Å²) >= 11 is 0. The van der Waals surface area contributed by atoms with E-state index in [1.54, 1.807) is 0 Å². The Morgan fingerprint density at radius 3 is 1.78 bits per heavy atom. The van der Waals surface area contributed by atoms with E-state index >= 15 is 0 Å². The van der Waals surface area contributed by atoms with Crippen LogP contribution in [0.3, 0.4) is 0 Å². The quantitative estimate of drug-likeness (QED) is 0.0925. The summed E-state index contributed by atoms with van der Waals surface area (Å²) < 4.78 is 3.87. The van der Waals surface area contributed by atoms with Crippen LogP contribution in [0.4, 0.5) is 0 Å². The number of rotatable bonds is 12. The fraction of sp³-hybridized carbons (Fsp3) is 0.217. The van der Waals surface area contributed by atoms with E-state index in [-0.39, 0.29) is 11.5 Å². The van der Waals surface area contributed by atoms with E-state index in [4.69, 9.17) is 15.3 Å². The van der Waals surface area contributed by atoms with Crippen molar-refractivity contribution in [1.82, 2.24) is 29.8 Å². The Morgan fingerprint density at radius 2 is 1.26 bits per heavy atom. The molecule has 0 atom stereocenters. The Morgan fingerprint density at radius 1 is 0.722 bits per heavy atom. The molecular formula is C46H43N7O. The van der Waals surface area contributed by atoms with Gasteiger partial charge in [-0.05, 0) is 50.2 Å². The summed E-state index contributed by atoms with van der Waals surface area (Å²) in [6, 6.07) is 50.0. The van der Waals surface area contributed by atoms with Crippen LogP contribution in [0.5, 0.6) is 0 Å². The summed E-state index contributed by atoms with van der Waals surface area (Å²) in [7, 11) is 0. The number of tetrazole rings is 1. The smallest absolute Gasteiger partial charge is 0.189 e. The van der Waals surface area contributed by atoms with Crippen LogP contribution in [0.1, 0.15) is 84.8 Å².